The zero-order valence-electron chi connectivity index (χ0n) is 10.9. The van der Waals surface area contributed by atoms with Gasteiger partial charge in [-0.25, -0.2) is 0 Å². The first kappa shape index (κ1) is 13.3. The first-order valence-electron chi connectivity index (χ1n) is 6.80. The maximum atomic E-state index is 12.2. The van der Waals surface area contributed by atoms with E-state index in [0.717, 1.165) is 38.6 Å². The molecule has 2 unspecified atom stereocenters. The third-order valence-corrected chi connectivity index (χ3v) is 4.24. The molecule has 18 heavy (non-hydrogen) atoms. The van der Waals surface area contributed by atoms with E-state index < -0.39 is 11.5 Å². The Hall–Kier alpha value is -1.10. The van der Waals surface area contributed by atoms with Crippen molar-refractivity contribution in [3.8, 4) is 0 Å². The molecule has 0 aromatic rings. The number of carboxylic acid groups (broad SMARTS) is 1. The number of nitrogens with one attached hydrogen (secondary N) is 2. The summed E-state index contributed by atoms with van der Waals surface area (Å²) in [5.74, 6) is -0.538. The van der Waals surface area contributed by atoms with Gasteiger partial charge in [-0.05, 0) is 44.6 Å². The summed E-state index contributed by atoms with van der Waals surface area (Å²) in [5.41, 5.74) is -0.484. The molecule has 0 spiro atoms. The van der Waals surface area contributed by atoms with Gasteiger partial charge in [-0.3, -0.25) is 9.59 Å². The summed E-state index contributed by atoms with van der Waals surface area (Å²) >= 11 is 0. The van der Waals surface area contributed by atoms with Crippen LogP contribution in [0.25, 0.3) is 0 Å². The highest BCUT2D eigenvalue weighted by Gasteiger charge is 2.42. The first-order valence-corrected chi connectivity index (χ1v) is 6.80. The van der Waals surface area contributed by atoms with Crippen molar-refractivity contribution in [3.63, 3.8) is 0 Å². The van der Waals surface area contributed by atoms with Crippen molar-refractivity contribution in [1.82, 2.24) is 10.6 Å². The number of piperidine rings is 1. The van der Waals surface area contributed by atoms with E-state index in [1.165, 1.54) is 0 Å². The quantitative estimate of drug-likeness (QED) is 0.696. The zero-order valence-corrected chi connectivity index (χ0v) is 10.9. The second kappa shape index (κ2) is 5.26. The lowest BCUT2D eigenvalue weighted by Crippen LogP contribution is -2.60. The summed E-state index contributed by atoms with van der Waals surface area (Å²) in [6.45, 7) is 2.94. The topological polar surface area (TPSA) is 78.4 Å². The molecule has 0 radical (unpaired) electrons. The van der Waals surface area contributed by atoms with Gasteiger partial charge < -0.3 is 15.7 Å². The van der Waals surface area contributed by atoms with Crippen molar-refractivity contribution in [3.05, 3.63) is 0 Å². The van der Waals surface area contributed by atoms with E-state index >= 15 is 0 Å². The highest BCUT2D eigenvalue weighted by Crippen LogP contribution is 2.35. The smallest absolute Gasteiger partial charge is 0.305 e. The molecule has 1 amide bonds. The van der Waals surface area contributed by atoms with E-state index in [9.17, 15) is 9.59 Å². The summed E-state index contributed by atoms with van der Waals surface area (Å²) in [6.07, 6.45) is 4.77. The number of carbonyl (C=O) groups is 2. The van der Waals surface area contributed by atoms with E-state index in [1.54, 1.807) is 0 Å². The molecule has 102 valence electrons. The van der Waals surface area contributed by atoms with Gasteiger partial charge in [0.05, 0.1) is 18.0 Å². The van der Waals surface area contributed by atoms with Crippen LogP contribution in [0.2, 0.25) is 0 Å². The number of hydrogen-bond acceptors (Lipinski definition) is 3. The molecule has 1 saturated heterocycles. The van der Waals surface area contributed by atoms with E-state index in [0.29, 0.717) is 5.92 Å². The molecule has 1 saturated carbocycles. The number of carbonyl (C=O) groups excluding carboxylic acids is 1. The summed E-state index contributed by atoms with van der Waals surface area (Å²) < 4.78 is 0. The molecule has 1 aliphatic carbocycles. The van der Waals surface area contributed by atoms with Crippen molar-refractivity contribution < 1.29 is 14.7 Å². The molecule has 5 nitrogen and oxygen atoms in total. The van der Waals surface area contributed by atoms with Crippen LogP contribution in [-0.2, 0) is 9.59 Å². The normalized spacial score (nSPS) is 30.3. The Morgan fingerprint density at radius 1 is 1.39 bits per heavy atom. The standard InChI is InChI=1S/C13H22N2O3/c1-9-4-2-7-14-11(9)12(18)15-13(5-3-6-13)8-10(16)17/h9,11,14H,2-8H2,1H3,(H,15,18)(H,16,17). The van der Waals surface area contributed by atoms with Gasteiger partial charge in [-0.2, -0.15) is 0 Å². The minimum Gasteiger partial charge on any atom is -0.481 e. The average Bonchev–Trinajstić information content (AvgIpc) is 2.25. The van der Waals surface area contributed by atoms with Crippen molar-refractivity contribution in [1.29, 1.82) is 0 Å². The minimum atomic E-state index is -0.834. The van der Waals surface area contributed by atoms with Crippen molar-refractivity contribution >= 4 is 11.9 Å². The molecule has 2 aliphatic rings. The molecule has 2 fully saturated rings. The van der Waals surface area contributed by atoms with Crippen LogP contribution in [-0.4, -0.2) is 35.1 Å². The average molecular weight is 254 g/mol. The monoisotopic (exact) mass is 254 g/mol. The molecule has 0 aromatic heterocycles. The summed E-state index contributed by atoms with van der Waals surface area (Å²) in [4.78, 5) is 23.1. The van der Waals surface area contributed by atoms with Crippen LogP contribution in [0.5, 0.6) is 0 Å². The molecule has 1 aliphatic heterocycles. The lowest BCUT2D eigenvalue weighted by Gasteiger charge is -2.43. The lowest BCUT2D eigenvalue weighted by atomic mass is 9.74. The highest BCUT2D eigenvalue weighted by molar-refractivity contribution is 5.84. The lowest BCUT2D eigenvalue weighted by molar-refractivity contribution is -0.140. The van der Waals surface area contributed by atoms with Crippen LogP contribution in [0.15, 0.2) is 0 Å². The van der Waals surface area contributed by atoms with Crippen LogP contribution >= 0.6 is 0 Å². The Labute approximate surface area is 107 Å². The van der Waals surface area contributed by atoms with Gasteiger partial charge in [0, 0.05) is 0 Å². The number of rotatable bonds is 4. The SMILES string of the molecule is CC1CCCNC1C(=O)NC1(CC(=O)O)CCC1. The fourth-order valence-electron chi connectivity index (χ4n) is 2.98. The predicted molar refractivity (Wildman–Crippen MR) is 67.2 cm³/mol. The number of carboxylic acids is 1. The Kier molecular flexibility index (Phi) is 3.90. The molecular weight excluding hydrogens is 232 g/mol. The summed E-state index contributed by atoms with van der Waals surface area (Å²) in [6, 6.07) is -0.162. The fourth-order valence-corrected chi connectivity index (χ4v) is 2.98. The Bertz CT molecular complexity index is 339. The van der Waals surface area contributed by atoms with Gasteiger partial charge in [-0.1, -0.05) is 6.92 Å². The van der Waals surface area contributed by atoms with Gasteiger partial charge in [-0.15, -0.1) is 0 Å². The van der Waals surface area contributed by atoms with Gasteiger partial charge in [0.15, 0.2) is 0 Å². The van der Waals surface area contributed by atoms with Crippen LogP contribution in [0, 0.1) is 5.92 Å². The molecule has 2 atom stereocenters. The summed E-state index contributed by atoms with van der Waals surface area (Å²) in [7, 11) is 0. The Morgan fingerprint density at radius 2 is 2.11 bits per heavy atom. The molecule has 0 aromatic carbocycles. The van der Waals surface area contributed by atoms with Crippen molar-refractivity contribution in [2.75, 3.05) is 6.54 Å². The Morgan fingerprint density at radius 3 is 2.61 bits per heavy atom. The number of amides is 1. The van der Waals surface area contributed by atoms with Crippen LogP contribution in [0.4, 0.5) is 0 Å². The minimum absolute atomic E-state index is 0.0249. The maximum Gasteiger partial charge on any atom is 0.305 e. The third-order valence-electron chi connectivity index (χ3n) is 4.24. The van der Waals surface area contributed by atoms with Crippen LogP contribution in [0.1, 0.15) is 45.4 Å². The van der Waals surface area contributed by atoms with E-state index in [-0.39, 0.29) is 18.4 Å². The van der Waals surface area contributed by atoms with Gasteiger partial charge in [0.25, 0.3) is 0 Å². The third kappa shape index (κ3) is 2.83. The van der Waals surface area contributed by atoms with Gasteiger partial charge >= 0.3 is 5.97 Å². The van der Waals surface area contributed by atoms with Crippen molar-refractivity contribution in [2.24, 2.45) is 5.92 Å². The second-order valence-corrected chi connectivity index (χ2v) is 5.74. The van der Waals surface area contributed by atoms with Crippen LogP contribution < -0.4 is 10.6 Å². The van der Waals surface area contributed by atoms with E-state index in [2.05, 4.69) is 17.6 Å². The number of aliphatic carboxylic acids is 1. The summed E-state index contributed by atoms with van der Waals surface area (Å²) in [5, 5.41) is 15.1. The fraction of sp³-hybridized carbons (Fsp3) is 0.846. The molecule has 0 bridgehead atoms. The van der Waals surface area contributed by atoms with Crippen molar-refractivity contribution in [2.45, 2.75) is 57.0 Å². The van der Waals surface area contributed by atoms with Gasteiger partial charge in [0.1, 0.15) is 0 Å². The highest BCUT2D eigenvalue weighted by atomic mass is 16.4. The largest absolute Gasteiger partial charge is 0.481 e. The van der Waals surface area contributed by atoms with E-state index in [4.69, 9.17) is 5.11 Å². The zero-order chi connectivity index (χ0) is 13.2. The molecule has 2 rings (SSSR count). The predicted octanol–water partition coefficient (Wildman–Crippen LogP) is 0.888. The van der Waals surface area contributed by atoms with Gasteiger partial charge in [0.2, 0.25) is 5.91 Å². The van der Waals surface area contributed by atoms with E-state index in [1.807, 2.05) is 0 Å². The second-order valence-electron chi connectivity index (χ2n) is 5.74. The number of hydrogen-bond donors (Lipinski definition) is 3. The Balaban J connectivity index is 1.94. The molecule has 3 N–H and O–H groups in total. The maximum absolute atomic E-state index is 12.2. The molecule has 1 heterocycles. The molecular formula is C13H22N2O3. The first-order chi connectivity index (χ1) is 8.52. The van der Waals surface area contributed by atoms with Crippen LogP contribution in [0.3, 0.4) is 0 Å². The molecule has 5 heteroatoms.